The van der Waals surface area contributed by atoms with Gasteiger partial charge in [0.25, 0.3) is 0 Å². The van der Waals surface area contributed by atoms with E-state index in [0.717, 1.165) is 5.39 Å². The molecule has 32 heavy (non-hydrogen) atoms. The van der Waals surface area contributed by atoms with Crippen LogP contribution in [-0.2, 0) is 14.8 Å². The first-order chi connectivity index (χ1) is 15.3. The van der Waals surface area contributed by atoms with E-state index in [9.17, 15) is 18.6 Å². The summed E-state index contributed by atoms with van der Waals surface area (Å²) in [5.41, 5.74) is 6.96. The van der Waals surface area contributed by atoms with Crippen molar-refractivity contribution in [1.29, 1.82) is 0 Å². The van der Waals surface area contributed by atoms with E-state index in [1.807, 2.05) is 6.07 Å². The number of hydrogen-bond acceptors (Lipinski definition) is 10. The van der Waals surface area contributed by atoms with Crippen molar-refractivity contribution in [1.82, 2.24) is 29.2 Å². The molecule has 4 atom stereocenters. The number of nitrogens with zero attached hydrogens (tertiary/aromatic N) is 5. The van der Waals surface area contributed by atoms with Crippen LogP contribution in [0, 0.1) is 0 Å². The average Bonchev–Trinajstić information content (AvgIpc) is 3.34. The molecule has 1 fully saturated rings. The van der Waals surface area contributed by atoms with Crippen LogP contribution >= 0.6 is 0 Å². The van der Waals surface area contributed by atoms with E-state index in [1.165, 1.54) is 29.4 Å². The highest BCUT2D eigenvalue weighted by Gasteiger charge is 2.44. The first-order valence-electron chi connectivity index (χ1n) is 9.64. The molecule has 0 radical (unpaired) electrons. The number of anilines is 1. The first kappa shape index (κ1) is 20.7. The lowest BCUT2D eigenvalue weighted by atomic mass is 10.1. The zero-order chi connectivity index (χ0) is 22.5. The molecule has 1 aliphatic heterocycles. The lowest BCUT2D eigenvalue weighted by molar-refractivity contribution is -0.0330. The fourth-order valence-corrected chi connectivity index (χ4v) is 4.74. The van der Waals surface area contributed by atoms with Crippen molar-refractivity contribution in [3.63, 3.8) is 0 Å². The maximum atomic E-state index is 12.8. The third-order valence-electron chi connectivity index (χ3n) is 5.36. The zero-order valence-electron chi connectivity index (χ0n) is 16.5. The number of aliphatic hydroxyl groups excluding tert-OH is 2. The van der Waals surface area contributed by atoms with E-state index in [-0.39, 0.29) is 17.3 Å². The number of fused-ring (bicyclic) bond motifs is 2. The number of rotatable bonds is 5. The number of hydrogen-bond donors (Lipinski definition) is 4. The third-order valence-corrected chi connectivity index (χ3v) is 6.78. The van der Waals surface area contributed by atoms with Crippen LogP contribution in [0.25, 0.3) is 22.1 Å². The van der Waals surface area contributed by atoms with Crippen LogP contribution in [0.2, 0.25) is 0 Å². The lowest BCUT2D eigenvalue weighted by Crippen LogP contribution is -2.39. The molecule has 1 saturated heterocycles. The number of aliphatic hydroxyl groups is 2. The number of nitrogens with two attached hydrogens (primary N) is 1. The summed E-state index contributed by atoms with van der Waals surface area (Å²) < 4.78 is 35.1. The summed E-state index contributed by atoms with van der Waals surface area (Å²) in [6.07, 6.45) is -0.554. The van der Waals surface area contributed by atoms with Crippen molar-refractivity contribution >= 4 is 37.9 Å². The van der Waals surface area contributed by atoms with Gasteiger partial charge in [-0.25, -0.2) is 28.1 Å². The Morgan fingerprint density at radius 3 is 2.81 bits per heavy atom. The number of imidazole rings is 1. The molecule has 166 valence electrons. The zero-order valence-corrected chi connectivity index (χ0v) is 17.3. The summed E-state index contributed by atoms with van der Waals surface area (Å²) in [7, 11) is -3.91. The van der Waals surface area contributed by atoms with Gasteiger partial charge in [0.15, 0.2) is 17.7 Å². The Kier molecular flexibility index (Phi) is 4.98. The molecule has 0 amide bonds. The summed E-state index contributed by atoms with van der Waals surface area (Å²) in [6, 6.07) is 8.18. The topological polar surface area (TPSA) is 178 Å². The molecule has 4 aromatic rings. The van der Waals surface area contributed by atoms with Gasteiger partial charge in [-0.05, 0) is 18.2 Å². The quantitative estimate of drug-likeness (QED) is 0.307. The van der Waals surface area contributed by atoms with Gasteiger partial charge in [0, 0.05) is 18.1 Å². The summed E-state index contributed by atoms with van der Waals surface area (Å²) in [6.45, 7) is -0.263. The molecule has 12 nitrogen and oxygen atoms in total. The Bertz CT molecular complexity index is 1410. The molecule has 0 unspecified atom stereocenters. The van der Waals surface area contributed by atoms with Crippen molar-refractivity contribution in [2.75, 3.05) is 12.3 Å². The first-order valence-corrected chi connectivity index (χ1v) is 11.1. The molecule has 0 spiro atoms. The van der Waals surface area contributed by atoms with Crippen LogP contribution in [-0.4, -0.2) is 68.0 Å². The number of benzene rings is 1. The van der Waals surface area contributed by atoms with Gasteiger partial charge in [0.2, 0.25) is 10.0 Å². The predicted octanol–water partition coefficient (Wildman–Crippen LogP) is -0.446. The van der Waals surface area contributed by atoms with E-state index in [0.29, 0.717) is 16.7 Å². The summed E-state index contributed by atoms with van der Waals surface area (Å²) in [5.74, 6) is 0.163. The predicted molar refractivity (Wildman–Crippen MR) is 113 cm³/mol. The number of pyridine rings is 1. The van der Waals surface area contributed by atoms with E-state index in [1.54, 1.807) is 18.3 Å². The molecule has 13 heteroatoms. The highest BCUT2D eigenvalue weighted by Crippen LogP contribution is 2.32. The van der Waals surface area contributed by atoms with E-state index in [2.05, 4.69) is 24.7 Å². The molecule has 5 N–H and O–H groups in total. The summed E-state index contributed by atoms with van der Waals surface area (Å²) >= 11 is 0. The molecule has 5 rings (SSSR count). The third kappa shape index (κ3) is 3.45. The fraction of sp³-hybridized carbons (Fsp3) is 0.263. The number of sulfonamides is 1. The second-order valence-electron chi connectivity index (χ2n) is 7.34. The number of nitrogen functional groups attached to an aromatic ring is 1. The molecular formula is C19H19N7O5S. The number of nitrogens with one attached hydrogen (secondary N) is 1. The highest BCUT2D eigenvalue weighted by atomic mass is 32.2. The number of aromatic nitrogens is 5. The van der Waals surface area contributed by atoms with E-state index >= 15 is 0 Å². The van der Waals surface area contributed by atoms with Gasteiger partial charge in [0.1, 0.15) is 30.2 Å². The molecule has 1 aliphatic rings. The Morgan fingerprint density at radius 2 is 1.97 bits per heavy atom. The van der Waals surface area contributed by atoms with Crippen molar-refractivity contribution in [3.05, 3.63) is 49.2 Å². The van der Waals surface area contributed by atoms with Gasteiger partial charge in [0.05, 0.1) is 16.7 Å². The standard InChI is InChI=1S/C19H19N7O5S/c20-17-14-18(23-8-22-17)26(9-24-14)19-16(28)15(27)13(31-19)7-25-32(29,30)11-4-3-10-2-1-5-21-12(10)6-11/h1-6,8-9,13,15-16,19,25,27-28H,7H2,(H2,20,22,23)/t13-,15-,16-,19-/m1/s1. The van der Waals surface area contributed by atoms with Crippen LogP contribution in [0.1, 0.15) is 6.23 Å². The molecule has 1 aromatic carbocycles. The van der Waals surface area contributed by atoms with Gasteiger partial charge in [-0.3, -0.25) is 9.55 Å². The Labute approximate surface area is 181 Å². The van der Waals surface area contributed by atoms with Crippen LogP contribution < -0.4 is 10.5 Å². The summed E-state index contributed by atoms with van der Waals surface area (Å²) in [5, 5.41) is 21.8. The Hall–Kier alpha value is -3.23. The lowest BCUT2D eigenvalue weighted by Gasteiger charge is -2.16. The normalized spacial score (nSPS) is 23.8. The van der Waals surface area contributed by atoms with Gasteiger partial charge in [-0.1, -0.05) is 12.1 Å². The average molecular weight is 457 g/mol. The molecule has 0 aliphatic carbocycles. The number of ether oxygens (including phenoxy) is 1. The minimum atomic E-state index is -3.91. The SMILES string of the molecule is Nc1ncnc2c1ncn2[C@@H]1O[C@H](CNS(=O)(=O)c2ccc3cccnc3c2)[C@@H](O)[C@H]1O. The minimum Gasteiger partial charge on any atom is -0.387 e. The van der Waals surface area contributed by atoms with Crippen molar-refractivity contribution in [3.8, 4) is 0 Å². The van der Waals surface area contributed by atoms with Crippen molar-refractivity contribution in [2.45, 2.75) is 29.4 Å². The Balaban J connectivity index is 1.34. The second kappa shape index (κ2) is 7.72. The van der Waals surface area contributed by atoms with E-state index in [4.69, 9.17) is 10.5 Å². The van der Waals surface area contributed by atoms with Gasteiger partial charge < -0.3 is 20.7 Å². The second-order valence-corrected chi connectivity index (χ2v) is 9.11. The molecule has 0 bridgehead atoms. The smallest absolute Gasteiger partial charge is 0.240 e. The van der Waals surface area contributed by atoms with Crippen LogP contribution in [0.4, 0.5) is 5.82 Å². The van der Waals surface area contributed by atoms with Crippen LogP contribution in [0.5, 0.6) is 0 Å². The molecule has 0 saturated carbocycles. The van der Waals surface area contributed by atoms with E-state index < -0.39 is 34.6 Å². The van der Waals surface area contributed by atoms with Crippen molar-refractivity contribution < 1.29 is 23.4 Å². The minimum absolute atomic E-state index is 0.0288. The highest BCUT2D eigenvalue weighted by molar-refractivity contribution is 7.89. The maximum absolute atomic E-state index is 12.8. The largest absolute Gasteiger partial charge is 0.387 e. The fourth-order valence-electron chi connectivity index (χ4n) is 3.67. The maximum Gasteiger partial charge on any atom is 0.240 e. The van der Waals surface area contributed by atoms with Crippen LogP contribution in [0.15, 0.2) is 54.1 Å². The molecule has 4 heterocycles. The van der Waals surface area contributed by atoms with Gasteiger partial charge in [-0.15, -0.1) is 0 Å². The summed E-state index contributed by atoms with van der Waals surface area (Å²) in [4.78, 5) is 16.3. The van der Waals surface area contributed by atoms with Crippen LogP contribution in [0.3, 0.4) is 0 Å². The molecule has 3 aromatic heterocycles. The van der Waals surface area contributed by atoms with Gasteiger partial charge >= 0.3 is 0 Å². The van der Waals surface area contributed by atoms with Gasteiger partial charge in [-0.2, -0.15) is 0 Å². The monoisotopic (exact) mass is 457 g/mol. The Morgan fingerprint density at radius 1 is 1.12 bits per heavy atom. The molecular weight excluding hydrogens is 438 g/mol. The van der Waals surface area contributed by atoms with Crippen molar-refractivity contribution in [2.24, 2.45) is 0 Å².